The van der Waals surface area contributed by atoms with Crippen LogP contribution in [0.4, 0.5) is 0 Å². The molecule has 0 unspecified atom stereocenters. The molecule has 26 heavy (non-hydrogen) atoms. The molecule has 0 fully saturated rings. The van der Waals surface area contributed by atoms with E-state index in [0.717, 1.165) is 10.5 Å². The van der Waals surface area contributed by atoms with Gasteiger partial charge in [-0.3, -0.25) is 4.79 Å². The molecule has 3 rings (SSSR count). The van der Waals surface area contributed by atoms with E-state index in [1.807, 2.05) is 12.1 Å². The van der Waals surface area contributed by atoms with Crippen molar-refractivity contribution in [2.24, 2.45) is 0 Å². The predicted octanol–water partition coefficient (Wildman–Crippen LogP) is 4.49. The summed E-state index contributed by atoms with van der Waals surface area (Å²) < 4.78 is 0. The number of aryl methyl sites for hydroxylation is 2. The van der Waals surface area contributed by atoms with Crippen LogP contribution in [0.2, 0.25) is 0 Å². The number of amides is 1. The van der Waals surface area contributed by atoms with Crippen LogP contribution in [0.3, 0.4) is 0 Å². The van der Waals surface area contributed by atoms with Gasteiger partial charge >= 0.3 is 0 Å². The second-order valence-electron chi connectivity index (χ2n) is 6.06. The van der Waals surface area contributed by atoms with Gasteiger partial charge < -0.3 is 10.4 Å². The highest BCUT2D eigenvalue weighted by molar-refractivity contribution is 7.99. The van der Waals surface area contributed by atoms with Gasteiger partial charge in [0.1, 0.15) is 10.8 Å². The first-order valence-electron chi connectivity index (χ1n) is 8.29. The molecular weight excluding hydrogens is 344 g/mol. The summed E-state index contributed by atoms with van der Waals surface area (Å²) in [4.78, 5) is 18.0. The second-order valence-corrected chi connectivity index (χ2v) is 7.12. The van der Waals surface area contributed by atoms with Crippen LogP contribution in [0.25, 0.3) is 0 Å². The summed E-state index contributed by atoms with van der Waals surface area (Å²) >= 11 is 1.48. The highest BCUT2D eigenvalue weighted by Gasteiger charge is 2.13. The fraction of sp³-hybridized carbons (Fsp3) is 0.143. The average molecular weight is 364 g/mol. The first-order chi connectivity index (χ1) is 12.5. The molecule has 0 aliphatic rings. The van der Waals surface area contributed by atoms with Crippen LogP contribution in [0.1, 0.15) is 27.0 Å². The highest BCUT2D eigenvalue weighted by Crippen LogP contribution is 2.30. The zero-order valence-corrected chi connectivity index (χ0v) is 15.5. The van der Waals surface area contributed by atoms with Crippen molar-refractivity contribution in [2.45, 2.75) is 30.3 Å². The standard InChI is InChI=1S/C21H20N2O2S/c1-14-8-9-18(11-15(14)2)26-21-19(7-4-10-22-21)20(25)23-13-16-5-3-6-17(24)12-16/h3-12,24H,13H2,1-2H3,(H,23,25). The van der Waals surface area contributed by atoms with Crippen LogP contribution in [-0.2, 0) is 6.54 Å². The topological polar surface area (TPSA) is 62.2 Å². The highest BCUT2D eigenvalue weighted by atomic mass is 32.2. The van der Waals surface area contributed by atoms with Gasteiger partial charge in [0.15, 0.2) is 0 Å². The third-order valence-corrected chi connectivity index (χ3v) is 5.08. The Morgan fingerprint density at radius 3 is 2.69 bits per heavy atom. The van der Waals surface area contributed by atoms with E-state index in [4.69, 9.17) is 0 Å². The molecule has 0 atom stereocenters. The van der Waals surface area contributed by atoms with Crippen molar-refractivity contribution in [3.8, 4) is 5.75 Å². The minimum absolute atomic E-state index is 0.184. The van der Waals surface area contributed by atoms with Crippen molar-refractivity contribution in [1.29, 1.82) is 0 Å². The van der Waals surface area contributed by atoms with Crippen LogP contribution in [0, 0.1) is 13.8 Å². The molecule has 132 valence electrons. The number of nitrogens with one attached hydrogen (secondary N) is 1. The van der Waals surface area contributed by atoms with Gasteiger partial charge in [0.2, 0.25) is 0 Å². The molecule has 0 aliphatic carbocycles. The smallest absolute Gasteiger partial charge is 0.254 e. The zero-order chi connectivity index (χ0) is 18.5. The minimum atomic E-state index is -0.187. The number of benzene rings is 2. The van der Waals surface area contributed by atoms with Gasteiger partial charge in [-0.15, -0.1) is 0 Å². The normalized spacial score (nSPS) is 10.5. The van der Waals surface area contributed by atoms with Gasteiger partial charge in [-0.05, 0) is 66.9 Å². The van der Waals surface area contributed by atoms with Crippen LogP contribution in [-0.4, -0.2) is 16.0 Å². The minimum Gasteiger partial charge on any atom is -0.508 e. The van der Waals surface area contributed by atoms with E-state index < -0.39 is 0 Å². The summed E-state index contributed by atoms with van der Waals surface area (Å²) in [6.07, 6.45) is 1.69. The Bertz CT molecular complexity index is 941. The summed E-state index contributed by atoms with van der Waals surface area (Å²) in [7, 11) is 0. The SMILES string of the molecule is Cc1ccc(Sc2ncccc2C(=O)NCc2cccc(O)c2)cc1C. The molecule has 1 amide bonds. The Kier molecular flexibility index (Phi) is 5.58. The van der Waals surface area contributed by atoms with Crippen molar-refractivity contribution in [3.05, 3.63) is 83.0 Å². The Morgan fingerprint density at radius 1 is 1.08 bits per heavy atom. The molecule has 0 spiro atoms. The summed E-state index contributed by atoms with van der Waals surface area (Å²) in [5.41, 5.74) is 3.82. The quantitative estimate of drug-likeness (QED) is 0.700. The van der Waals surface area contributed by atoms with Crippen molar-refractivity contribution in [2.75, 3.05) is 0 Å². The van der Waals surface area contributed by atoms with Crippen LogP contribution in [0.5, 0.6) is 5.75 Å². The monoisotopic (exact) mass is 364 g/mol. The first-order valence-corrected chi connectivity index (χ1v) is 9.11. The molecule has 2 N–H and O–H groups in total. The molecular formula is C21H20N2O2S. The zero-order valence-electron chi connectivity index (χ0n) is 14.7. The molecule has 0 bridgehead atoms. The average Bonchev–Trinajstić information content (AvgIpc) is 2.63. The van der Waals surface area contributed by atoms with E-state index in [-0.39, 0.29) is 11.7 Å². The van der Waals surface area contributed by atoms with Crippen LogP contribution in [0.15, 0.2) is 70.7 Å². The van der Waals surface area contributed by atoms with Crippen LogP contribution >= 0.6 is 11.8 Å². The number of pyridine rings is 1. The number of aromatic hydroxyl groups is 1. The van der Waals surface area contributed by atoms with Crippen molar-refractivity contribution < 1.29 is 9.90 Å². The maximum absolute atomic E-state index is 12.6. The van der Waals surface area contributed by atoms with Crippen molar-refractivity contribution in [3.63, 3.8) is 0 Å². The number of phenolic OH excluding ortho intramolecular Hbond substituents is 1. The second kappa shape index (κ2) is 8.06. The number of carbonyl (C=O) groups excluding carboxylic acids is 1. The lowest BCUT2D eigenvalue weighted by Gasteiger charge is -2.10. The number of rotatable bonds is 5. The lowest BCUT2D eigenvalue weighted by molar-refractivity contribution is 0.0947. The number of phenols is 1. The summed E-state index contributed by atoms with van der Waals surface area (Å²) in [5.74, 6) is -0.00288. The molecule has 0 saturated heterocycles. The maximum atomic E-state index is 12.6. The van der Waals surface area contributed by atoms with E-state index in [1.54, 1.807) is 36.5 Å². The van der Waals surface area contributed by atoms with Gasteiger partial charge in [-0.2, -0.15) is 0 Å². The van der Waals surface area contributed by atoms with E-state index >= 15 is 0 Å². The third kappa shape index (κ3) is 4.43. The summed E-state index contributed by atoms with van der Waals surface area (Å²) in [5, 5.41) is 13.1. The Morgan fingerprint density at radius 2 is 1.92 bits per heavy atom. The molecule has 2 aromatic carbocycles. The summed E-state index contributed by atoms with van der Waals surface area (Å²) in [6.45, 7) is 4.49. The molecule has 0 saturated carbocycles. The van der Waals surface area contributed by atoms with E-state index in [1.165, 1.54) is 22.9 Å². The van der Waals surface area contributed by atoms with E-state index in [0.29, 0.717) is 17.1 Å². The third-order valence-electron chi connectivity index (χ3n) is 4.07. The van der Waals surface area contributed by atoms with Crippen molar-refractivity contribution >= 4 is 17.7 Å². The van der Waals surface area contributed by atoms with Crippen LogP contribution < -0.4 is 5.32 Å². The Balaban J connectivity index is 1.75. The Hall–Kier alpha value is -2.79. The van der Waals surface area contributed by atoms with Gasteiger partial charge in [-0.25, -0.2) is 4.98 Å². The van der Waals surface area contributed by atoms with E-state index in [2.05, 4.69) is 36.3 Å². The van der Waals surface area contributed by atoms with Gasteiger partial charge in [0.05, 0.1) is 5.56 Å². The number of hydrogen-bond acceptors (Lipinski definition) is 4. The lowest BCUT2D eigenvalue weighted by atomic mass is 10.1. The molecule has 0 radical (unpaired) electrons. The van der Waals surface area contributed by atoms with Gasteiger partial charge in [0, 0.05) is 17.6 Å². The predicted molar refractivity (Wildman–Crippen MR) is 104 cm³/mol. The molecule has 5 heteroatoms. The fourth-order valence-electron chi connectivity index (χ4n) is 2.48. The van der Waals surface area contributed by atoms with Crippen molar-refractivity contribution in [1.82, 2.24) is 10.3 Å². The van der Waals surface area contributed by atoms with E-state index in [9.17, 15) is 9.90 Å². The largest absolute Gasteiger partial charge is 0.508 e. The molecule has 4 nitrogen and oxygen atoms in total. The number of aromatic nitrogens is 1. The number of nitrogens with zero attached hydrogens (tertiary/aromatic N) is 1. The van der Waals surface area contributed by atoms with Gasteiger partial charge in [-0.1, -0.05) is 30.0 Å². The number of hydrogen-bond donors (Lipinski definition) is 2. The first kappa shape index (κ1) is 18.0. The molecule has 1 aromatic heterocycles. The lowest BCUT2D eigenvalue weighted by Crippen LogP contribution is -2.23. The number of carbonyl (C=O) groups is 1. The fourth-order valence-corrected chi connectivity index (χ4v) is 3.46. The molecule has 3 aromatic rings. The molecule has 0 aliphatic heterocycles. The summed E-state index contributed by atoms with van der Waals surface area (Å²) in [6, 6.07) is 16.6. The molecule has 1 heterocycles. The maximum Gasteiger partial charge on any atom is 0.254 e. The Labute approximate surface area is 157 Å². The van der Waals surface area contributed by atoms with Gasteiger partial charge in [0.25, 0.3) is 5.91 Å².